The van der Waals surface area contributed by atoms with E-state index in [-0.39, 0.29) is 11.5 Å². The summed E-state index contributed by atoms with van der Waals surface area (Å²) in [5.41, 5.74) is -0.200. The molecule has 0 aliphatic heterocycles. The monoisotopic (exact) mass is 416 g/mol. The van der Waals surface area contributed by atoms with Gasteiger partial charge in [0.2, 0.25) is 0 Å². The van der Waals surface area contributed by atoms with Gasteiger partial charge in [0.05, 0.1) is 11.6 Å². The van der Waals surface area contributed by atoms with Gasteiger partial charge in [-0.2, -0.15) is 23.0 Å². The molecule has 1 atom stereocenters. The van der Waals surface area contributed by atoms with Crippen molar-refractivity contribution >= 4 is 5.91 Å². The molecule has 1 aliphatic carbocycles. The van der Waals surface area contributed by atoms with Gasteiger partial charge in [-0.1, -0.05) is 6.07 Å². The number of amides is 1. The molecule has 30 heavy (non-hydrogen) atoms. The Balaban J connectivity index is 1.60. The second-order valence-electron chi connectivity index (χ2n) is 7.29. The topological polar surface area (TPSA) is 85.6 Å². The quantitative estimate of drug-likeness (QED) is 0.665. The van der Waals surface area contributed by atoms with E-state index in [9.17, 15) is 18.0 Å². The first-order valence-electron chi connectivity index (χ1n) is 9.51. The van der Waals surface area contributed by atoms with Crippen LogP contribution in [0.2, 0.25) is 0 Å². The van der Waals surface area contributed by atoms with Crippen LogP contribution in [0.15, 0.2) is 43.0 Å². The van der Waals surface area contributed by atoms with Crippen molar-refractivity contribution in [2.75, 3.05) is 0 Å². The van der Waals surface area contributed by atoms with Crippen molar-refractivity contribution < 1.29 is 18.0 Å². The number of benzene rings is 1. The van der Waals surface area contributed by atoms with E-state index in [4.69, 9.17) is 0 Å². The minimum absolute atomic E-state index is 0.0330. The zero-order chi connectivity index (χ0) is 21.3. The van der Waals surface area contributed by atoms with Crippen LogP contribution in [0, 0.1) is 5.92 Å². The molecule has 1 saturated carbocycles. The van der Waals surface area contributed by atoms with Crippen LogP contribution in [-0.4, -0.2) is 30.6 Å². The van der Waals surface area contributed by atoms with E-state index in [1.165, 1.54) is 17.1 Å². The molecule has 2 heterocycles. The number of carbonyl (C=O) groups is 1. The van der Waals surface area contributed by atoms with Crippen molar-refractivity contribution in [1.29, 1.82) is 0 Å². The van der Waals surface area contributed by atoms with Crippen LogP contribution in [0.25, 0.3) is 5.95 Å². The molecule has 1 unspecified atom stereocenters. The molecule has 0 spiro atoms. The summed E-state index contributed by atoms with van der Waals surface area (Å²) in [6.07, 6.45) is 2.51. The van der Waals surface area contributed by atoms with Crippen molar-refractivity contribution in [2.45, 2.75) is 38.4 Å². The first-order valence-corrected chi connectivity index (χ1v) is 9.51. The van der Waals surface area contributed by atoms with Gasteiger partial charge in [0, 0.05) is 18.0 Å². The molecule has 0 bridgehead atoms. The first kappa shape index (κ1) is 20.0. The summed E-state index contributed by atoms with van der Waals surface area (Å²) in [7, 11) is 0. The Labute approximate surface area is 170 Å². The highest BCUT2D eigenvalue weighted by Crippen LogP contribution is 2.36. The Morgan fingerprint density at radius 2 is 1.97 bits per heavy atom. The summed E-state index contributed by atoms with van der Waals surface area (Å²) in [6.45, 7) is 1.68. The molecule has 1 aliphatic rings. The van der Waals surface area contributed by atoms with Gasteiger partial charge in [0.15, 0.2) is 5.82 Å². The average molecular weight is 416 g/mol. The summed E-state index contributed by atoms with van der Waals surface area (Å²) in [5, 5.41) is 6.82. The zero-order valence-electron chi connectivity index (χ0n) is 16.1. The lowest BCUT2D eigenvalue weighted by atomic mass is 9.98. The molecule has 4 rings (SSSR count). The lowest BCUT2D eigenvalue weighted by Gasteiger charge is -2.17. The highest BCUT2D eigenvalue weighted by atomic mass is 19.4. The van der Waals surface area contributed by atoms with E-state index >= 15 is 0 Å². The molecule has 10 heteroatoms. The predicted octanol–water partition coefficient (Wildman–Crippen LogP) is 3.52. The normalized spacial score (nSPS) is 15.1. The fraction of sp³-hybridized carbons (Fsp3) is 0.350. The number of halogens is 3. The van der Waals surface area contributed by atoms with Crippen LogP contribution in [0.4, 0.5) is 13.2 Å². The zero-order valence-corrected chi connectivity index (χ0v) is 16.1. The molecule has 2 aromatic heterocycles. The second-order valence-corrected chi connectivity index (χ2v) is 7.29. The van der Waals surface area contributed by atoms with Crippen molar-refractivity contribution in [3.63, 3.8) is 0 Å². The van der Waals surface area contributed by atoms with Gasteiger partial charge in [0.25, 0.3) is 11.9 Å². The number of aromatic nitrogens is 5. The van der Waals surface area contributed by atoms with Crippen LogP contribution < -0.4 is 5.32 Å². The number of nitrogens with one attached hydrogen (secondary N) is 1. The molecule has 3 aromatic rings. The predicted molar refractivity (Wildman–Crippen MR) is 101 cm³/mol. The molecule has 1 fully saturated rings. The number of carbonyl (C=O) groups excluding carboxylic acids is 1. The molecular formula is C20H19F3N6O. The van der Waals surface area contributed by atoms with Crippen molar-refractivity contribution in [2.24, 2.45) is 5.92 Å². The van der Waals surface area contributed by atoms with Gasteiger partial charge < -0.3 is 5.32 Å². The van der Waals surface area contributed by atoms with E-state index < -0.39 is 23.7 Å². The van der Waals surface area contributed by atoms with Gasteiger partial charge in [0.1, 0.15) is 6.33 Å². The van der Waals surface area contributed by atoms with Gasteiger partial charge in [-0.05, 0) is 55.9 Å². The highest BCUT2D eigenvalue weighted by molar-refractivity contribution is 5.96. The molecule has 156 valence electrons. The van der Waals surface area contributed by atoms with E-state index in [0.717, 1.165) is 25.0 Å². The fourth-order valence-corrected chi connectivity index (χ4v) is 3.21. The van der Waals surface area contributed by atoms with E-state index in [2.05, 4.69) is 25.4 Å². The fourth-order valence-electron chi connectivity index (χ4n) is 3.21. The standard InChI is InChI=1S/C20H19F3N6O/c1-12(17-26-11-27-29(17)19-24-7-2-8-25-19)28-18(30)16-10-15(20(21,22)23)6-5-14(16)9-13-3-4-13/h2,5-8,10-13H,3-4,9H2,1H3,(H,28,30). The number of nitrogens with zero attached hydrogens (tertiary/aromatic N) is 5. The minimum Gasteiger partial charge on any atom is -0.342 e. The summed E-state index contributed by atoms with van der Waals surface area (Å²) in [5.74, 6) is 0.474. The Morgan fingerprint density at radius 3 is 2.63 bits per heavy atom. The highest BCUT2D eigenvalue weighted by Gasteiger charge is 2.33. The third-order valence-electron chi connectivity index (χ3n) is 4.94. The third kappa shape index (κ3) is 4.32. The minimum atomic E-state index is -4.52. The van der Waals surface area contributed by atoms with Gasteiger partial charge in [-0.3, -0.25) is 4.79 Å². The maximum atomic E-state index is 13.2. The number of rotatable bonds is 6. The van der Waals surface area contributed by atoms with Crippen molar-refractivity contribution in [3.8, 4) is 5.95 Å². The Hall–Kier alpha value is -3.30. The van der Waals surface area contributed by atoms with Gasteiger partial charge >= 0.3 is 6.18 Å². The molecule has 1 N–H and O–H groups in total. The van der Waals surface area contributed by atoms with Crippen molar-refractivity contribution in [1.82, 2.24) is 30.0 Å². The largest absolute Gasteiger partial charge is 0.416 e. The van der Waals surface area contributed by atoms with Crippen molar-refractivity contribution in [3.05, 3.63) is 65.5 Å². The van der Waals surface area contributed by atoms with Crippen LogP contribution in [-0.2, 0) is 12.6 Å². The lowest BCUT2D eigenvalue weighted by Crippen LogP contribution is -2.30. The van der Waals surface area contributed by atoms with Crippen LogP contribution in [0.3, 0.4) is 0 Å². The summed E-state index contributed by atoms with van der Waals surface area (Å²) in [6, 6.07) is 4.38. The van der Waals surface area contributed by atoms with E-state index in [1.54, 1.807) is 25.4 Å². The molecule has 7 nitrogen and oxygen atoms in total. The maximum absolute atomic E-state index is 13.2. The van der Waals surface area contributed by atoms with Gasteiger partial charge in [-0.25, -0.2) is 15.0 Å². The number of hydrogen-bond donors (Lipinski definition) is 1. The maximum Gasteiger partial charge on any atom is 0.416 e. The molecule has 0 radical (unpaired) electrons. The molecular weight excluding hydrogens is 397 g/mol. The van der Waals surface area contributed by atoms with Crippen LogP contribution in [0.5, 0.6) is 0 Å². The summed E-state index contributed by atoms with van der Waals surface area (Å²) < 4.78 is 41.0. The molecule has 0 saturated heterocycles. The molecule has 1 aromatic carbocycles. The Bertz CT molecular complexity index is 1050. The third-order valence-corrected chi connectivity index (χ3v) is 4.94. The van der Waals surface area contributed by atoms with Crippen LogP contribution >= 0.6 is 0 Å². The second kappa shape index (κ2) is 7.85. The SMILES string of the molecule is CC(NC(=O)c1cc(C(F)(F)F)ccc1CC1CC1)c1ncnn1-c1ncccn1. The molecule has 1 amide bonds. The Morgan fingerprint density at radius 1 is 1.23 bits per heavy atom. The summed E-state index contributed by atoms with van der Waals surface area (Å²) >= 11 is 0. The average Bonchev–Trinajstić information content (AvgIpc) is 3.39. The Kier molecular flexibility index (Phi) is 5.23. The lowest BCUT2D eigenvalue weighted by molar-refractivity contribution is -0.137. The van der Waals surface area contributed by atoms with E-state index in [1.807, 2.05) is 0 Å². The van der Waals surface area contributed by atoms with Crippen LogP contribution in [0.1, 0.15) is 53.1 Å². The smallest absolute Gasteiger partial charge is 0.342 e. The van der Waals surface area contributed by atoms with E-state index in [0.29, 0.717) is 23.7 Å². The summed E-state index contributed by atoms with van der Waals surface area (Å²) in [4.78, 5) is 25.3. The first-order chi connectivity index (χ1) is 14.3. The van der Waals surface area contributed by atoms with Gasteiger partial charge in [-0.15, -0.1) is 0 Å². The number of alkyl halides is 3. The number of hydrogen-bond acceptors (Lipinski definition) is 5.